The van der Waals surface area contributed by atoms with Gasteiger partial charge < -0.3 is 30.7 Å². The van der Waals surface area contributed by atoms with E-state index < -0.39 is 42.3 Å². The molecule has 1 saturated heterocycles. The molecule has 0 saturated carbocycles. The molecule has 3 heterocycles. The van der Waals surface area contributed by atoms with Gasteiger partial charge in [-0.25, -0.2) is 4.98 Å². The number of hydrogen-bond donors (Lipinski definition) is 6. The lowest BCUT2D eigenvalue weighted by Crippen LogP contribution is -2.60. The number of ether oxygens (including phenoxy) is 1. The molecule has 7 N–H and O–H groups in total. The molecule has 2 aliphatic heterocycles. The maximum Gasteiger partial charge on any atom is 0.277 e. The number of anilines is 1. The molecule has 0 bridgehead atoms. The zero-order valence-corrected chi connectivity index (χ0v) is 11.4. The second-order valence-electron chi connectivity index (χ2n) is 4.87. The predicted octanol–water partition coefficient (Wildman–Crippen LogP) is -2.54. The standard InChI is InChI=1S/C10H14ClN5O5/c11-10(12)14-7-4(8(20)15-10)13-2-16(7)9-6(19)5(18)3(1-17)21-9/h2-3,5-6,9,14,17-19H,1,12H2,(H,15,20)/t3-,5-,6-,9-,10?/m1/s1. The van der Waals surface area contributed by atoms with Crippen molar-refractivity contribution in [2.45, 2.75) is 29.8 Å². The molecule has 1 fully saturated rings. The number of aliphatic hydroxyl groups excluding tert-OH is 3. The van der Waals surface area contributed by atoms with Gasteiger partial charge in [0.25, 0.3) is 5.91 Å². The number of nitrogens with one attached hydrogen (secondary N) is 2. The molecule has 1 unspecified atom stereocenters. The molecule has 11 heteroatoms. The van der Waals surface area contributed by atoms with Gasteiger partial charge in [0.1, 0.15) is 24.1 Å². The maximum atomic E-state index is 11.8. The minimum Gasteiger partial charge on any atom is -0.394 e. The van der Waals surface area contributed by atoms with E-state index in [1.54, 1.807) is 0 Å². The lowest BCUT2D eigenvalue weighted by molar-refractivity contribution is -0.0519. The van der Waals surface area contributed by atoms with Crippen molar-refractivity contribution in [2.75, 3.05) is 11.9 Å². The first kappa shape index (κ1) is 14.5. The average molecular weight is 320 g/mol. The molecular formula is C10H14ClN5O5. The van der Waals surface area contributed by atoms with Crippen LogP contribution in [0, 0.1) is 0 Å². The van der Waals surface area contributed by atoms with Gasteiger partial charge in [0.05, 0.1) is 12.9 Å². The van der Waals surface area contributed by atoms with Gasteiger partial charge in [0, 0.05) is 0 Å². The van der Waals surface area contributed by atoms with E-state index in [-0.39, 0.29) is 11.5 Å². The number of carbonyl (C=O) groups excluding carboxylic acids is 1. The quantitative estimate of drug-likeness (QED) is 0.257. The van der Waals surface area contributed by atoms with Gasteiger partial charge in [-0.15, -0.1) is 0 Å². The van der Waals surface area contributed by atoms with E-state index in [9.17, 15) is 15.0 Å². The third-order valence-corrected chi connectivity index (χ3v) is 3.58. The molecule has 0 aliphatic carbocycles. The monoisotopic (exact) mass is 319 g/mol. The third-order valence-electron chi connectivity index (χ3n) is 3.40. The first-order valence-electron chi connectivity index (χ1n) is 6.12. The van der Waals surface area contributed by atoms with Gasteiger partial charge in [0.15, 0.2) is 11.9 Å². The molecule has 3 rings (SSSR count). The van der Waals surface area contributed by atoms with Crippen molar-refractivity contribution in [1.29, 1.82) is 0 Å². The number of aliphatic hydroxyl groups is 3. The van der Waals surface area contributed by atoms with Gasteiger partial charge in [-0.05, 0) is 0 Å². The van der Waals surface area contributed by atoms with Crippen molar-refractivity contribution in [1.82, 2.24) is 14.9 Å². The average Bonchev–Trinajstić information content (AvgIpc) is 2.92. The van der Waals surface area contributed by atoms with Crippen LogP contribution in [-0.2, 0) is 4.74 Å². The van der Waals surface area contributed by atoms with Gasteiger partial charge in [-0.2, -0.15) is 0 Å². The van der Waals surface area contributed by atoms with Crippen LogP contribution in [0.2, 0.25) is 0 Å². The first-order chi connectivity index (χ1) is 9.84. The molecule has 1 aromatic heterocycles. The highest BCUT2D eigenvalue weighted by atomic mass is 35.5. The molecule has 1 aromatic rings. The zero-order chi connectivity index (χ0) is 15.4. The van der Waals surface area contributed by atoms with Gasteiger partial charge >= 0.3 is 0 Å². The van der Waals surface area contributed by atoms with Crippen LogP contribution in [-0.4, -0.2) is 60.9 Å². The summed E-state index contributed by atoms with van der Waals surface area (Å²) in [5.41, 5.74) is 5.64. The summed E-state index contributed by atoms with van der Waals surface area (Å²) >= 11 is 5.85. The molecule has 2 aliphatic rings. The Kier molecular flexibility index (Phi) is 3.31. The van der Waals surface area contributed by atoms with Crippen molar-refractivity contribution in [3.8, 4) is 0 Å². The van der Waals surface area contributed by atoms with Crippen LogP contribution in [0.4, 0.5) is 5.82 Å². The van der Waals surface area contributed by atoms with E-state index in [1.165, 1.54) is 10.9 Å². The molecular weight excluding hydrogens is 306 g/mol. The van der Waals surface area contributed by atoms with Crippen LogP contribution < -0.4 is 16.4 Å². The Labute approximate surface area is 123 Å². The second kappa shape index (κ2) is 4.80. The molecule has 0 aromatic carbocycles. The molecule has 1 amide bonds. The number of carbonyl (C=O) groups is 1. The van der Waals surface area contributed by atoms with E-state index in [0.29, 0.717) is 0 Å². The summed E-state index contributed by atoms with van der Waals surface area (Å²) in [6, 6.07) is 0. The third kappa shape index (κ3) is 2.25. The minimum atomic E-state index is -1.71. The number of hydrogen-bond acceptors (Lipinski definition) is 8. The number of halogens is 1. The van der Waals surface area contributed by atoms with Crippen LogP contribution in [0.3, 0.4) is 0 Å². The van der Waals surface area contributed by atoms with Crippen molar-refractivity contribution in [3.05, 3.63) is 12.0 Å². The molecule has 10 nitrogen and oxygen atoms in total. The Morgan fingerprint density at radius 3 is 2.81 bits per heavy atom. The summed E-state index contributed by atoms with van der Waals surface area (Å²) in [4.78, 5) is 15.7. The smallest absolute Gasteiger partial charge is 0.277 e. The van der Waals surface area contributed by atoms with Crippen LogP contribution in [0.1, 0.15) is 16.7 Å². The van der Waals surface area contributed by atoms with Crippen LogP contribution >= 0.6 is 11.6 Å². The Hall–Kier alpha value is -1.43. The summed E-state index contributed by atoms with van der Waals surface area (Å²) in [6.07, 6.45) is -3.32. The fourth-order valence-electron chi connectivity index (χ4n) is 2.38. The number of rotatable bonds is 2. The topological polar surface area (TPSA) is 155 Å². The van der Waals surface area contributed by atoms with E-state index in [0.717, 1.165) is 0 Å². The Balaban J connectivity index is 1.97. The summed E-state index contributed by atoms with van der Waals surface area (Å²) in [6.45, 7) is -0.462. The minimum absolute atomic E-state index is 0.0227. The van der Waals surface area contributed by atoms with E-state index in [4.69, 9.17) is 27.2 Å². The Morgan fingerprint density at radius 1 is 1.48 bits per heavy atom. The van der Waals surface area contributed by atoms with Crippen LogP contribution in [0.15, 0.2) is 6.33 Å². The number of amides is 1. The molecule has 21 heavy (non-hydrogen) atoms. The number of aromatic nitrogens is 2. The number of fused-ring (bicyclic) bond motifs is 1. The Bertz CT molecular complexity index is 578. The first-order valence-corrected chi connectivity index (χ1v) is 6.49. The van der Waals surface area contributed by atoms with Crippen molar-refractivity contribution >= 4 is 23.3 Å². The number of alkyl halides is 1. The molecule has 0 spiro atoms. The highest BCUT2D eigenvalue weighted by Gasteiger charge is 2.46. The number of nitrogens with two attached hydrogens (primary N) is 1. The Morgan fingerprint density at radius 2 is 2.19 bits per heavy atom. The molecule has 5 atom stereocenters. The summed E-state index contributed by atoms with van der Waals surface area (Å²) < 4.78 is 6.66. The molecule has 0 radical (unpaired) electrons. The zero-order valence-electron chi connectivity index (χ0n) is 10.6. The van der Waals surface area contributed by atoms with Crippen molar-refractivity contribution in [3.63, 3.8) is 0 Å². The SMILES string of the molecule is NC1(Cl)NC(=O)c2ncn([C@@H]3O[C@H](CO)[C@@H](O)[C@H]3O)c2N1. The summed E-state index contributed by atoms with van der Waals surface area (Å²) in [5.74, 6) is -0.446. The fourth-order valence-corrected chi connectivity index (χ4v) is 2.56. The lowest BCUT2D eigenvalue weighted by Gasteiger charge is -2.31. The summed E-state index contributed by atoms with van der Waals surface area (Å²) in [7, 11) is 0. The van der Waals surface area contributed by atoms with Gasteiger partial charge in [-0.1, -0.05) is 11.6 Å². The molecule has 116 valence electrons. The van der Waals surface area contributed by atoms with E-state index in [2.05, 4.69) is 15.6 Å². The largest absolute Gasteiger partial charge is 0.394 e. The van der Waals surface area contributed by atoms with E-state index >= 15 is 0 Å². The lowest BCUT2D eigenvalue weighted by atomic mass is 10.1. The number of imidazole rings is 1. The highest BCUT2D eigenvalue weighted by Crippen LogP contribution is 2.34. The van der Waals surface area contributed by atoms with E-state index in [1.807, 2.05) is 0 Å². The summed E-state index contributed by atoms with van der Waals surface area (Å²) in [5, 5.41) is 32.1. The van der Waals surface area contributed by atoms with Crippen LogP contribution in [0.5, 0.6) is 0 Å². The maximum absolute atomic E-state index is 11.8. The second-order valence-corrected chi connectivity index (χ2v) is 5.46. The highest BCUT2D eigenvalue weighted by molar-refractivity contribution is 6.26. The van der Waals surface area contributed by atoms with Gasteiger partial charge in [-0.3, -0.25) is 15.1 Å². The fraction of sp³-hybridized carbons (Fsp3) is 0.600. The number of nitrogens with zero attached hydrogens (tertiary/aromatic N) is 2. The van der Waals surface area contributed by atoms with Crippen molar-refractivity contribution in [2.24, 2.45) is 5.73 Å². The normalized spacial score (nSPS) is 38.8. The van der Waals surface area contributed by atoms with Crippen molar-refractivity contribution < 1.29 is 24.9 Å². The van der Waals surface area contributed by atoms with Crippen LogP contribution in [0.25, 0.3) is 0 Å². The predicted molar refractivity (Wildman–Crippen MR) is 69.1 cm³/mol. The van der Waals surface area contributed by atoms with Gasteiger partial charge in [0.2, 0.25) is 5.25 Å².